The fourth-order valence-corrected chi connectivity index (χ4v) is 2.15. The summed E-state index contributed by atoms with van der Waals surface area (Å²) in [4.78, 5) is 0. The minimum atomic E-state index is -5.50. The Labute approximate surface area is 92.4 Å². The summed E-state index contributed by atoms with van der Waals surface area (Å²) >= 11 is 0. The summed E-state index contributed by atoms with van der Waals surface area (Å²) in [5.74, 6) is -0.0222. The number of hydrogen-bond acceptors (Lipinski definition) is 3. The largest absolute Gasteiger partial charge is 0.534 e. The van der Waals surface area contributed by atoms with Gasteiger partial charge in [-0.25, -0.2) is 0 Å². The fraction of sp³-hybridized carbons (Fsp3) is 0.778. The molecule has 0 aliphatic heterocycles. The first-order chi connectivity index (χ1) is 7.28. The van der Waals surface area contributed by atoms with Gasteiger partial charge < -0.3 is 4.18 Å². The predicted molar refractivity (Wildman–Crippen MR) is 51.8 cm³/mol. The van der Waals surface area contributed by atoms with Gasteiger partial charge in [0.1, 0.15) is 5.76 Å². The Kier molecular flexibility index (Phi) is 3.88. The first kappa shape index (κ1) is 13.3. The van der Waals surface area contributed by atoms with E-state index in [-0.39, 0.29) is 12.2 Å². The van der Waals surface area contributed by atoms with Gasteiger partial charge in [0.2, 0.25) is 0 Å². The number of alkyl halides is 3. The summed E-state index contributed by atoms with van der Waals surface area (Å²) < 4.78 is 62.0. The molecule has 0 bridgehead atoms. The molecule has 0 saturated carbocycles. The lowest BCUT2D eigenvalue weighted by Gasteiger charge is -2.20. The van der Waals surface area contributed by atoms with Crippen LogP contribution in [0, 0.1) is 0 Å². The quantitative estimate of drug-likeness (QED) is 0.577. The molecular weight excluding hydrogens is 245 g/mol. The van der Waals surface area contributed by atoms with Gasteiger partial charge in [-0.05, 0) is 31.3 Å². The van der Waals surface area contributed by atoms with E-state index >= 15 is 0 Å². The van der Waals surface area contributed by atoms with Crippen LogP contribution in [0.15, 0.2) is 11.3 Å². The molecule has 0 atom stereocenters. The fourth-order valence-electron chi connectivity index (χ4n) is 1.59. The zero-order chi connectivity index (χ0) is 12.4. The van der Waals surface area contributed by atoms with E-state index in [9.17, 15) is 21.6 Å². The number of halogens is 3. The molecule has 0 fully saturated rings. The lowest BCUT2D eigenvalue weighted by molar-refractivity contribution is -0.0524. The van der Waals surface area contributed by atoms with Gasteiger partial charge in [-0.3, -0.25) is 0 Å². The van der Waals surface area contributed by atoms with Crippen molar-refractivity contribution < 1.29 is 25.8 Å². The standard InChI is InChI=1S/C9H13F3O3S/c1-2-7-5-3-4-6-8(7)15-16(13,14)9(10,11)12/h2-6H2,1H3. The zero-order valence-electron chi connectivity index (χ0n) is 8.80. The molecule has 0 aromatic rings. The van der Waals surface area contributed by atoms with Crippen LogP contribution < -0.4 is 0 Å². The van der Waals surface area contributed by atoms with Gasteiger partial charge in [0.05, 0.1) is 0 Å². The molecule has 0 N–H and O–H groups in total. The molecule has 16 heavy (non-hydrogen) atoms. The van der Waals surface area contributed by atoms with Crippen molar-refractivity contribution >= 4 is 10.1 Å². The monoisotopic (exact) mass is 258 g/mol. The topological polar surface area (TPSA) is 43.4 Å². The van der Waals surface area contributed by atoms with Crippen LogP contribution in [0.1, 0.15) is 39.0 Å². The number of rotatable bonds is 3. The average Bonchev–Trinajstić information content (AvgIpc) is 2.16. The third-order valence-electron chi connectivity index (χ3n) is 2.45. The Balaban J connectivity index is 2.92. The molecule has 3 nitrogen and oxygen atoms in total. The second kappa shape index (κ2) is 4.65. The Hall–Kier alpha value is -0.720. The van der Waals surface area contributed by atoms with Crippen molar-refractivity contribution in [3.63, 3.8) is 0 Å². The molecule has 1 aliphatic carbocycles. The minimum absolute atomic E-state index is 0.0222. The lowest BCUT2D eigenvalue weighted by atomic mass is 9.96. The Bertz CT molecular complexity index is 381. The third-order valence-corrected chi connectivity index (χ3v) is 3.43. The molecule has 0 aromatic heterocycles. The average molecular weight is 258 g/mol. The van der Waals surface area contributed by atoms with E-state index in [1.807, 2.05) is 0 Å². The van der Waals surface area contributed by atoms with Crippen molar-refractivity contribution in [1.82, 2.24) is 0 Å². The SMILES string of the molecule is CCC1=C(OS(=O)(=O)C(F)(F)F)CCCC1. The van der Waals surface area contributed by atoms with Crippen LogP contribution >= 0.6 is 0 Å². The summed E-state index contributed by atoms with van der Waals surface area (Å²) in [6, 6.07) is 0. The first-order valence-corrected chi connectivity index (χ1v) is 6.40. The predicted octanol–water partition coefficient (Wildman–Crippen LogP) is 3.09. The van der Waals surface area contributed by atoms with Crippen LogP contribution in [0.3, 0.4) is 0 Å². The molecule has 1 aliphatic rings. The van der Waals surface area contributed by atoms with E-state index in [0.29, 0.717) is 24.8 Å². The first-order valence-electron chi connectivity index (χ1n) is 4.99. The van der Waals surface area contributed by atoms with Gasteiger partial charge in [-0.15, -0.1) is 0 Å². The minimum Gasteiger partial charge on any atom is -0.381 e. The molecular formula is C9H13F3O3S. The van der Waals surface area contributed by atoms with E-state index in [1.54, 1.807) is 6.92 Å². The maximum atomic E-state index is 12.1. The van der Waals surface area contributed by atoms with Gasteiger partial charge in [0, 0.05) is 6.42 Å². The maximum absolute atomic E-state index is 12.1. The van der Waals surface area contributed by atoms with E-state index in [4.69, 9.17) is 0 Å². The van der Waals surface area contributed by atoms with E-state index < -0.39 is 15.6 Å². The molecule has 0 heterocycles. The number of hydrogen-bond donors (Lipinski definition) is 0. The molecule has 0 saturated heterocycles. The van der Waals surface area contributed by atoms with Gasteiger partial charge in [-0.1, -0.05) is 6.92 Å². The van der Waals surface area contributed by atoms with Gasteiger partial charge >= 0.3 is 15.6 Å². The van der Waals surface area contributed by atoms with Crippen molar-refractivity contribution in [1.29, 1.82) is 0 Å². The maximum Gasteiger partial charge on any atom is 0.534 e. The van der Waals surface area contributed by atoms with Gasteiger partial charge in [-0.2, -0.15) is 21.6 Å². The Morgan fingerprint density at radius 3 is 2.31 bits per heavy atom. The van der Waals surface area contributed by atoms with Crippen molar-refractivity contribution in [3.05, 3.63) is 11.3 Å². The van der Waals surface area contributed by atoms with Crippen molar-refractivity contribution in [2.45, 2.75) is 44.5 Å². The summed E-state index contributed by atoms with van der Waals surface area (Å²) in [6.45, 7) is 1.77. The second-order valence-electron chi connectivity index (χ2n) is 3.57. The smallest absolute Gasteiger partial charge is 0.381 e. The molecule has 0 aromatic carbocycles. The summed E-state index contributed by atoms with van der Waals surface area (Å²) in [7, 11) is -5.50. The molecule has 0 amide bonds. The highest BCUT2D eigenvalue weighted by Crippen LogP contribution is 2.33. The van der Waals surface area contributed by atoms with Gasteiger partial charge in [0.15, 0.2) is 0 Å². The molecule has 1 rings (SSSR count). The highest BCUT2D eigenvalue weighted by atomic mass is 32.2. The summed E-state index contributed by atoms with van der Waals surface area (Å²) in [5, 5.41) is 0. The van der Waals surface area contributed by atoms with E-state index in [0.717, 1.165) is 6.42 Å². The van der Waals surface area contributed by atoms with E-state index in [1.165, 1.54) is 0 Å². The van der Waals surface area contributed by atoms with Gasteiger partial charge in [0.25, 0.3) is 0 Å². The van der Waals surface area contributed by atoms with Crippen LogP contribution in [0.25, 0.3) is 0 Å². The third kappa shape index (κ3) is 2.90. The van der Waals surface area contributed by atoms with E-state index in [2.05, 4.69) is 4.18 Å². The zero-order valence-corrected chi connectivity index (χ0v) is 9.62. The normalized spacial score (nSPS) is 18.8. The van der Waals surface area contributed by atoms with Crippen molar-refractivity contribution in [2.24, 2.45) is 0 Å². The highest BCUT2D eigenvalue weighted by molar-refractivity contribution is 7.87. The molecule has 7 heteroatoms. The molecule has 0 unspecified atom stereocenters. The van der Waals surface area contributed by atoms with Crippen LogP contribution in [0.4, 0.5) is 13.2 Å². The molecule has 0 spiro atoms. The van der Waals surface area contributed by atoms with Crippen LogP contribution in [-0.2, 0) is 14.3 Å². The lowest BCUT2D eigenvalue weighted by Crippen LogP contribution is -2.26. The van der Waals surface area contributed by atoms with Crippen molar-refractivity contribution in [3.8, 4) is 0 Å². The van der Waals surface area contributed by atoms with Crippen LogP contribution in [-0.4, -0.2) is 13.9 Å². The summed E-state index contributed by atoms with van der Waals surface area (Å²) in [6.07, 6.45) is 2.91. The van der Waals surface area contributed by atoms with Crippen LogP contribution in [0.2, 0.25) is 0 Å². The number of allylic oxidation sites excluding steroid dienone is 2. The summed E-state index contributed by atoms with van der Waals surface area (Å²) in [5.41, 5.74) is -4.69. The Morgan fingerprint density at radius 2 is 1.81 bits per heavy atom. The second-order valence-corrected chi connectivity index (χ2v) is 5.11. The highest BCUT2D eigenvalue weighted by Gasteiger charge is 2.49. The van der Waals surface area contributed by atoms with Crippen LogP contribution in [0.5, 0.6) is 0 Å². The molecule has 0 radical (unpaired) electrons. The molecule has 94 valence electrons. The Morgan fingerprint density at radius 1 is 1.25 bits per heavy atom. The van der Waals surface area contributed by atoms with Crippen molar-refractivity contribution in [2.75, 3.05) is 0 Å².